The number of benzene rings is 1. The van der Waals surface area contributed by atoms with Crippen LogP contribution in [0.1, 0.15) is 31.5 Å². The van der Waals surface area contributed by atoms with E-state index < -0.39 is 18.4 Å². The summed E-state index contributed by atoms with van der Waals surface area (Å²) in [5.74, 6) is -0.228. The zero-order chi connectivity index (χ0) is 22.7. The van der Waals surface area contributed by atoms with Crippen LogP contribution in [0.5, 0.6) is 0 Å². The highest BCUT2D eigenvalue weighted by atomic mass is 19.3. The summed E-state index contributed by atoms with van der Waals surface area (Å²) < 4.78 is 40.4. The van der Waals surface area contributed by atoms with Gasteiger partial charge in [0.1, 0.15) is 17.5 Å². The lowest BCUT2D eigenvalue weighted by Crippen LogP contribution is -2.49. The second-order valence-electron chi connectivity index (χ2n) is 7.72. The molecule has 1 fully saturated rings. The van der Waals surface area contributed by atoms with Crippen molar-refractivity contribution in [3.8, 4) is 11.3 Å². The molecule has 2 aromatic heterocycles. The van der Waals surface area contributed by atoms with Crippen LogP contribution in [0.3, 0.4) is 0 Å². The van der Waals surface area contributed by atoms with Crippen LogP contribution in [0.25, 0.3) is 11.3 Å². The molecule has 166 valence electrons. The van der Waals surface area contributed by atoms with Gasteiger partial charge in [-0.1, -0.05) is 6.07 Å². The quantitative estimate of drug-likeness (QED) is 0.617. The van der Waals surface area contributed by atoms with Crippen LogP contribution >= 0.6 is 0 Å². The van der Waals surface area contributed by atoms with Gasteiger partial charge in [-0.2, -0.15) is 0 Å². The Kier molecular flexibility index (Phi) is 6.34. The van der Waals surface area contributed by atoms with Crippen molar-refractivity contribution in [2.45, 2.75) is 38.2 Å². The summed E-state index contributed by atoms with van der Waals surface area (Å²) in [6.07, 6.45) is 1.29. The number of halogens is 3. The molecule has 1 N–H and O–H groups in total. The normalized spacial score (nSPS) is 18.6. The number of hydrogen-bond acceptors (Lipinski definition) is 5. The molecule has 1 aromatic carbocycles. The van der Waals surface area contributed by atoms with E-state index in [0.717, 1.165) is 5.56 Å². The number of likely N-dealkylation sites (tertiary alicyclic amines) is 1. The Hall–Kier alpha value is -3.49. The van der Waals surface area contributed by atoms with Crippen LogP contribution < -0.4 is 5.32 Å². The molecule has 32 heavy (non-hydrogen) atoms. The summed E-state index contributed by atoms with van der Waals surface area (Å²) in [4.78, 5) is 26.6. The lowest BCUT2D eigenvalue weighted by Gasteiger charge is -2.38. The fourth-order valence-electron chi connectivity index (χ4n) is 3.92. The molecule has 0 aliphatic carbocycles. The van der Waals surface area contributed by atoms with Gasteiger partial charge >= 0.3 is 0 Å². The largest absolute Gasteiger partial charge is 0.340 e. The van der Waals surface area contributed by atoms with Gasteiger partial charge in [0.15, 0.2) is 0 Å². The number of carbonyl (C=O) groups is 1. The number of aromatic nitrogens is 3. The van der Waals surface area contributed by atoms with Crippen molar-refractivity contribution in [1.29, 1.82) is 0 Å². The number of carbonyl (C=O) groups excluding carboxylic acids is 1. The summed E-state index contributed by atoms with van der Waals surface area (Å²) in [6.45, 7) is 1.40. The molecule has 1 aliphatic rings. The second kappa shape index (κ2) is 9.33. The van der Waals surface area contributed by atoms with E-state index in [1.165, 1.54) is 24.0 Å². The summed E-state index contributed by atoms with van der Waals surface area (Å²) in [5, 5.41) is 3.08. The van der Waals surface area contributed by atoms with E-state index in [0.29, 0.717) is 29.4 Å². The minimum absolute atomic E-state index is 0.111. The smallest absolute Gasteiger partial charge is 0.258 e. The molecule has 0 spiro atoms. The minimum Gasteiger partial charge on any atom is -0.340 e. The number of amides is 1. The average Bonchev–Trinajstić information content (AvgIpc) is 2.79. The first-order chi connectivity index (χ1) is 15.4. The molecule has 6 nitrogen and oxygen atoms in total. The fourth-order valence-corrected chi connectivity index (χ4v) is 3.92. The van der Waals surface area contributed by atoms with Crippen molar-refractivity contribution in [3.05, 3.63) is 66.5 Å². The molecule has 4 rings (SSSR count). The van der Waals surface area contributed by atoms with Crippen LogP contribution in [0.15, 0.2) is 54.9 Å². The summed E-state index contributed by atoms with van der Waals surface area (Å²) in [6, 6.07) is 10.2. The molecule has 1 amide bonds. The maximum absolute atomic E-state index is 13.6. The van der Waals surface area contributed by atoms with Crippen LogP contribution in [0.4, 0.5) is 24.7 Å². The number of nitrogens with one attached hydrogen (secondary N) is 1. The Balaban J connectivity index is 1.70. The molecule has 0 unspecified atom stereocenters. The van der Waals surface area contributed by atoms with Gasteiger partial charge in [0.05, 0.1) is 11.7 Å². The summed E-state index contributed by atoms with van der Waals surface area (Å²) in [5.41, 5.74) is 1.86. The Morgan fingerprint density at radius 1 is 1.16 bits per heavy atom. The number of anilines is 2. The van der Waals surface area contributed by atoms with Crippen LogP contribution in [-0.4, -0.2) is 44.8 Å². The fraction of sp³-hybridized carbons (Fsp3) is 0.304. The van der Waals surface area contributed by atoms with Gasteiger partial charge in [-0.3, -0.25) is 9.78 Å². The van der Waals surface area contributed by atoms with E-state index in [1.807, 2.05) is 6.07 Å². The average molecular weight is 441 g/mol. The maximum Gasteiger partial charge on any atom is 0.258 e. The zero-order valence-corrected chi connectivity index (χ0v) is 17.4. The molecule has 1 saturated heterocycles. The SMILES string of the molecule is CC(=O)N1C[C@H](c2nc(Nc3cccc(F)c3)cc(-c3cccnc3)n2)CC[C@H]1C(F)F. The van der Waals surface area contributed by atoms with E-state index in [2.05, 4.69) is 20.3 Å². The predicted molar refractivity (Wildman–Crippen MR) is 114 cm³/mol. The number of pyridine rings is 1. The van der Waals surface area contributed by atoms with Gasteiger partial charge in [-0.15, -0.1) is 0 Å². The second-order valence-corrected chi connectivity index (χ2v) is 7.72. The van der Waals surface area contributed by atoms with Gasteiger partial charge in [0, 0.05) is 49.1 Å². The van der Waals surface area contributed by atoms with Crippen LogP contribution in [0.2, 0.25) is 0 Å². The third-order valence-electron chi connectivity index (χ3n) is 5.49. The summed E-state index contributed by atoms with van der Waals surface area (Å²) in [7, 11) is 0. The molecular formula is C23H22F3N5O. The highest BCUT2D eigenvalue weighted by molar-refractivity contribution is 5.74. The lowest BCUT2D eigenvalue weighted by atomic mass is 9.91. The number of alkyl halides is 2. The topological polar surface area (TPSA) is 71.0 Å². The number of hydrogen-bond donors (Lipinski definition) is 1. The summed E-state index contributed by atoms with van der Waals surface area (Å²) >= 11 is 0. The molecule has 3 heterocycles. The first-order valence-electron chi connectivity index (χ1n) is 10.3. The molecule has 9 heteroatoms. The van der Waals surface area contributed by atoms with Crippen molar-refractivity contribution < 1.29 is 18.0 Å². The van der Waals surface area contributed by atoms with E-state index in [-0.39, 0.29) is 24.7 Å². The lowest BCUT2D eigenvalue weighted by molar-refractivity contribution is -0.137. The predicted octanol–water partition coefficient (Wildman–Crippen LogP) is 4.78. The number of piperidine rings is 1. The van der Waals surface area contributed by atoms with Gasteiger partial charge < -0.3 is 10.2 Å². The van der Waals surface area contributed by atoms with Gasteiger partial charge in [-0.05, 0) is 43.2 Å². The highest BCUT2D eigenvalue weighted by Crippen LogP contribution is 2.33. The standard InChI is InChI=1S/C23H22F3N5O/c1-14(32)31-13-16(7-8-20(31)22(25)26)23-29-19(15-4-3-9-27-12-15)11-21(30-23)28-18-6-2-5-17(24)10-18/h2-6,9-12,16,20,22H,7-8,13H2,1H3,(H,28,29,30)/t16-,20+/m1/s1. The van der Waals surface area contributed by atoms with E-state index in [1.54, 1.807) is 36.7 Å². The Morgan fingerprint density at radius 3 is 2.69 bits per heavy atom. The van der Waals surface area contributed by atoms with Crippen molar-refractivity contribution in [3.63, 3.8) is 0 Å². The van der Waals surface area contributed by atoms with Gasteiger partial charge in [0.2, 0.25) is 5.91 Å². The number of nitrogens with zero attached hydrogens (tertiary/aromatic N) is 4. The Labute approximate surface area is 183 Å². The maximum atomic E-state index is 13.6. The van der Waals surface area contributed by atoms with Crippen molar-refractivity contribution in [2.75, 3.05) is 11.9 Å². The molecule has 0 radical (unpaired) electrons. The van der Waals surface area contributed by atoms with Gasteiger partial charge in [0.25, 0.3) is 6.43 Å². The molecule has 3 aromatic rings. The molecule has 0 saturated carbocycles. The third kappa shape index (κ3) is 4.87. The van der Waals surface area contributed by atoms with E-state index in [9.17, 15) is 18.0 Å². The Morgan fingerprint density at radius 2 is 2.00 bits per heavy atom. The molecular weight excluding hydrogens is 419 g/mol. The number of rotatable bonds is 5. The molecule has 1 aliphatic heterocycles. The van der Waals surface area contributed by atoms with E-state index >= 15 is 0 Å². The molecule has 2 atom stereocenters. The minimum atomic E-state index is -2.60. The first-order valence-corrected chi connectivity index (χ1v) is 10.3. The van der Waals surface area contributed by atoms with Crippen LogP contribution in [-0.2, 0) is 4.79 Å². The van der Waals surface area contributed by atoms with Crippen LogP contribution in [0, 0.1) is 5.82 Å². The van der Waals surface area contributed by atoms with Crippen molar-refractivity contribution in [2.24, 2.45) is 0 Å². The third-order valence-corrected chi connectivity index (χ3v) is 5.49. The first kappa shape index (κ1) is 21.7. The zero-order valence-electron chi connectivity index (χ0n) is 17.4. The van der Waals surface area contributed by atoms with Gasteiger partial charge in [-0.25, -0.2) is 23.1 Å². The van der Waals surface area contributed by atoms with Crippen molar-refractivity contribution in [1.82, 2.24) is 19.9 Å². The van der Waals surface area contributed by atoms with E-state index in [4.69, 9.17) is 0 Å². The highest BCUT2D eigenvalue weighted by Gasteiger charge is 2.37. The van der Waals surface area contributed by atoms with Crippen molar-refractivity contribution >= 4 is 17.4 Å². The monoisotopic (exact) mass is 441 g/mol. The molecule has 0 bridgehead atoms. The Bertz CT molecular complexity index is 1100.